The predicted octanol–water partition coefficient (Wildman–Crippen LogP) is 4.64. The first-order chi connectivity index (χ1) is 8.47. The average molecular weight is 269 g/mol. The minimum absolute atomic E-state index is 0.472. The molecule has 3 heteroatoms. The van der Waals surface area contributed by atoms with E-state index in [9.17, 15) is 0 Å². The van der Waals surface area contributed by atoms with Crippen molar-refractivity contribution in [3.63, 3.8) is 0 Å². The van der Waals surface area contributed by atoms with Crippen LogP contribution in [-0.4, -0.2) is 12.6 Å². The van der Waals surface area contributed by atoms with Crippen LogP contribution in [0.2, 0.25) is 5.02 Å². The van der Waals surface area contributed by atoms with E-state index in [1.54, 1.807) is 0 Å². The quantitative estimate of drug-likeness (QED) is 0.602. The fourth-order valence-electron chi connectivity index (χ4n) is 2.19. The zero-order valence-corrected chi connectivity index (χ0v) is 12.7. The van der Waals surface area contributed by atoms with Crippen molar-refractivity contribution in [3.8, 4) is 0 Å². The maximum Gasteiger partial charge on any atom is 0.0656 e. The van der Waals surface area contributed by atoms with Crippen LogP contribution in [0, 0.1) is 6.92 Å². The van der Waals surface area contributed by atoms with Crippen molar-refractivity contribution in [3.05, 3.63) is 22.7 Å². The number of hydrogen-bond donors (Lipinski definition) is 1. The Bertz CT molecular complexity index is 388. The molecule has 0 aliphatic carbocycles. The van der Waals surface area contributed by atoms with Crippen LogP contribution < -0.4 is 10.6 Å². The maximum atomic E-state index is 6.14. The predicted molar refractivity (Wildman–Crippen MR) is 82.6 cm³/mol. The lowest BCUT2D eigenvalue weighted by atomic mass is 10.1. The number of benzene rings is 1. The highest BCUT2D eigenvalue weighted by Gasteiger charge is 2.14. The van der Waals surface area contributed by atoms with Gasteiger partial charge in [-0.1, -0.05) is 31.4 Å². The summed E-state index contributed by atoms with van der Waals surface area (Å²) in [6.07, 6.45) is 3.73. The smallest absolute Gasteiger partial charge is 0.0656 e. The van der Waals surface area contributed by atoms with Crippen molar-refractivity contribution >= 4 is 23.0 Å². The van der Waals surface area contributed by atoms with Crippen LogP contribution in [-0.2, 0) is 0 Å². The molecule has 0 saturated carbocycles. The third-order valence-corrected chi connectivity index (χ3v) is 3.58. The van der Waals surface area contributed by atoms with Crippen molar-refractivity contribution < 1.29 is 0 Å². The molecule has 0 radical (unpaired) electrons. The minimum Gasteiger partial charge on any atom is -0.398 e. The number of hydrogen-bond acceptors (Lipinski definition) is 2. The van der Waals surface area contributed by atoms with Crippen molar-refractivity contribution in [2.45, 2.75) is 53.0 Å². The van der Waals surface area contributed by atoms with Gasteiger partial charge in [0.25, 0.3) is 0 Å². The maximum absolute atomic E-state index is 6.14. The molecule has 0 saturated heterocycles. The summed E-state index contributed by atoms with van der Waals surface area (Å²) >= 11 is 6.14. The number of unbranched alkanes of at least 4 members (excludes halogenated alkanes) is 2. The first-order valence-electron chi connectivity index (χ1n) is 6.79. The number of nitrogen functional groups attached to an aromatic ring is 1. The summed E-state index contributed by atoms with van der Waals surface area (Å²) in [5, 5.41) is 0.650. The van der Waals surface area contributed by atoms with Gasteiger partial charge in [0, 0.05) is 18.3 Å². The molecule has 0 bridgehead atoms. The van der Waals surface area contributed by atoms with E-state index in [0.29, 0.717) is 16.8 Å². The number of nitrogens with zero attached hydrogens (tertiary/aromatic N) is 1. The zero-order valence-electron chi connectivity index (χ0n) is 12.0. The molecule has 0 fully saturated rings. The van der Waals surface area contributed by atoms with Gasteiger partial charge in [0.15, 0.2) is 0 Å². The van der Waals surface area contributed by atoms with Crippen LogP contribution in [0.1, 0.15) is 45.6 Å². The molecule has 0 aliphatic rings. The van der Waals surface area contributed by atoms with Crippen molar-refractivity contribution in [1.82, 2.24) is 0 Å². The van der Waals surface area contributed by atoms with Gasteiger partial charge in [-0.15, -0.1) is 0 Å². The normalized spacial score (nSPS) is 11.0. The van der Waals surface area contributed by atoms with Crippen LogP contribution in [0.3, 0.4) is 0 Å². The first-order valence-corrected chi connectivity index (χ1v) is 7.17. The molecule has 0 heterocycles. The molecule has 0 aromatic heterocycles. The van der Waals surface area contributed by atoms with Crippen LogP contribution in [0.25, 0.3) is 0 Å². The van der Waals surface area contributed by atoms with Crippen molar-refractivity contribution in [1.29, 1.82) is 0 Å². The molecule has 2 nitrogen and oxygen atoms in total. The van der Waals surface area contributed by atoms with E-state index in [4.69, 9.17) is 17.3 Å². The van der Waals surface area contributed by atoms with Gasteiger partial charge < -0.3 is 10.6 Å². The van der Waals surface area contributed by atoms with Crippen molar-refractivity contribution in [2.75, 3.05) is 17.2 Å². The number of anilines is 2. The van der Waals surface area contributed by atoms with Crippen LogP contribution >= 0.6 is 11.6 Å². The summed E-state index contributed by atoms with van der Waals surface area (Å²) in [7, 11) is 0. The highest BCUT2D eigenvalue weighted by molar-refractivity contribution is 6.33. The third-order valence-electron chi connectivity index (χ3n) is 3.25. The molecule has 102 valence electrons. The van der Waals surface area contributed by atoms with Gasteiger partial charge in [-0.25, -0.2) is 0 Å². The van der Waals surface area contributed by atoms with Gasteiger partial charge in [-0.3, -0.25) is 0 Å². The molecular formula is C15H25ClN2. The van der Waals surface area contributed by atoms with E-state index in [-0.39, 0.29) is 0 Å². The topological polar surface area (TPSA) is 29.3 Å². The Hall–Kier alpha value is -0.890. The molecule has 0 spiro atoms. The van der Waals surface area contributed by atoms with Crippen molar-refractivity contribution in [2.24, 2.45) is 0 Å². The lowest BCUT2D eigenvalue weighted by Gasteiger charge is -2.31. The Labute approximate surface area is 116 Å². The minimum atomic E-state index is 0.472. The third kappa shape index (κ3) is 3.81. The Balaban J connectivity index is 2.95. The second kappa shape index (κ2) is 6.89. The Morgan fingerprint density at radius 2 is 1.94 bits per heavy atom. The standard InChI is InChI=1S/C15H25ClN2/c1-5-6-7-8-18(11(2)3)15-10-13(16)14(17)9-12(15)4/h9-11H,5-8,17H2,1-4H3. The highest BCUT2D eigenvalue weighted by atomic mass is 35.5. The molecule has 0 aliphatic heterocycles. The van der Waals surface area contributed by atoms with Gasteiger partial charge in [0.05, 0.1) is 10.7 Å². The van der Waals surface area contributed by atoms with Gasteiger partial charge in [0.2, 0.25) is 0 Å². The monoisotopic (exact) mass is 268 g/mol. The fraction of sp³-hybridized carbons (Fsp3) is 0.600. The average Bonchev–Trinajstić information content (AvgIpc) is 2.30. The molecule has 1 aromatic carbocycles. The first kappa shape index (κ1) is 15.2. The second-order valence-electron chi connectivity index (χ2n) is 5.15. The van der Waals surface area contributed by atoms with E-state index < -0.39 is 0 Å². The summed E-state index contributed by atoms with van der Waals surface area (Å²) in [5.41, 5.74) is 8.90. The molecule has 0 amide bonds. The van der Waals surface area contributed by atoms with E-state index >= 15 is 0 Å². The molecule has 2 N–H and O–H groups in total. The summed E-state index contributed by atoms with van der Waals surface area (Å²) in [6.45, 7) is 9.83. The van der Waals surface area contributed by atoms with Crippen LogP contribution in [0.15, 0.2) is 12.1 Å². The second-order valence-corrected chi connectivity index (χ2v) is 5.56. The highest BCUT2D eigenvalue weighted by Crippen LogP contribution is 2.30. The molecule has 1 rings (SSSR count). The summed E-state index contributed by atoms with van der Waals surface area (Å²) < 4.78 is 0. The number of nitrogens with two attached hydrogens (primary N) is 1. The lowest BCUT2D eigenvalue weighted by Crippen LogP contribution is -2.32. The van der Waals surface area contributed by atoms with E-state index in [2.05, 4.69) is 32.6 Å². The van der Waals surface area contributed by atoms with Crippen LogP contribution in [0.4, 0.5) is 11.4 Å². The summed E-state index contributed by atoms with van der Waals surface area (Å²) in [6, 6.07) is 4.44. The lowest BCUT2D eigenvalue weighted by molar-refractivity contribution is 0.625. The van der Waals surface area contributed by atoms with Gasteiger partial charge in [0.1, 0.15) is 0 Å². The number of rotatable bonds is 6. The molecule has 0 atom stereocenters. The summed E-state index contributed by atoms with van der Waals surface area (Å²) in [5.74, 6) is 0. The Kier molecular flexibility index (Phi) is 5.80. The van der Waals surface area contributed by atoms with Gasteiger partial charge >= 0.3 is 0 Å². The Morgan fingerprint density at radius 3 is 2.50 bits per heavy atom. The molecule has 1 aromatic rings. The van der Waals surface area contributed by atoms with Gasteiger partial charge in [-0.05, 0) is 44.9 Å². The van der Waals surface area contributed by atoms with Crippen LogP contribution in [0.5, 0.6) is 0 Å². The van der Waals surface area contributed by atoms with Gasteiger partial charge in [-0.2, -0.15) is 0 Å². The van der Waals surface area contributed by atoms with E-state index in [0.717, 1.165) is 6.54 Å². The van der Waals surface area contributed by atoms with E-state index in [1.165, 1.54) is 30.5 Å². The largest absolute Gasteiger partial charge is 0.398 e. The van der Waals surface area contributed by atoms with E-state index in [1.807, 2.05) is 12.1 Å². The molecule has 18 heavy (non-hydrogen) atoms. The number of aryl methyl sites for hydroxylation is 1. The Morgan fingerprint density at radius 1 is 1.28 bits per heavy atom. The SMILES string of the molecule is CCCCCN(c1cc(Cl)c(N)cc1C)C(C)C. The number of halogens is 1. The zero-order chi connectivity index (χ0) is 13.7. The fourth-order valence-corrected chi connectivity index (χ4v) is 2.35. The molecule has 0 unspecified atom stereocenters. The molecular weight excluding hydrogens is 244 g/mol. The summed E-state index contributed by atoms with van der Waals surface area (Å²) in [4.78, 5) is 2.41.